The Kier molecular flexibility index (Phi) is 22.3. The number of carboxylic acids is 1. The molecule has 3 aliphatic heterocycles. The van der Waals surface area contributed by atoms with Gasteiger partial charge in [-0.2, -0.15) is 13.9 Å². The molecule has 6 heterocycles. The Hall–Kier alpha value is -9.20. The maximum Gasteiger partial charge on any atom is 0.432 e. The fourth-order valence-electron chi connectivity index (χ4n) is 10.5. The number of rotatable bonds is 17. The largest absolute Gasteiger partial charge is 0.480 e. The molecule has 1 saturated heterocycles. The number of nitrogens with one attached hydrogen (secondary N) is 10. The Morgan fingerprint density at radius 3 is 2.16 bits per heavy atom. The molecular formula is C54H73N15O16S. The van der Waals surface area contributed by atoms with Gasteiger partial charge in [0.1, 0.15) is 18.1 Å². The highest BCUT2D eigenvalue weighted by molar-refractivity contribution is 7.85. The number of Topliss-reactive ketones (excluding diaryl/α,β-unsaturated/α-hetero) is 1. The Labute approximate surface area is 493 Å². The van der Waals surface area contributed by atoms with Crippen LogP contribution in [0.25, 0.3) is 22.1 Å². The summed E-state index contributed by atoms with van der Waals surface area (Å²) in [7, 11) is -3.35. The van der Waals surface area contributed by atoms with Gasteiger partial charge in [-0.25, -0.2) is 14.4 Å². The Bertz CT molecular complexity index is 3490. The molecular weight excluding hydrogens is 1150 g/mol. The molecule has 6 rings (SSSR count). The summed E-state index contributed by atoms with van der Waals surface area (Å²) < 4.78 is 38.3. The summed E-state index contributed by atoms with van der Waals surface area (Å²) >= 11 is 0. The fourth-order valence-corrected chi connectivity index (χ4v) is 10.8. The molecule has 1 fully saturated rings. The minimum Gasteiger partial charge on any atom is -0.480 e. The normalized spacial score (nSPS) is 20.7. The van der Waals surface area contributed by atoms with Crippen LogP contribution in [0.15, 0.2) is 23.2 Å². The Morgan fingerprint density at radius 1 is 0.849 bits per heavy atom. The summed E-state index contributed by atoms with van der Waals surface area (Å²) in [5, 5.41) is 26.8. The van der Waals surface area contributed by atoms with Crippen LogP contribution in [0.1, 0.15) is 150 Å². The molecule has 3 unspecified atom stereocenters. The molecule has 31 nitrogen and oxygen atoms in total. The number of H-pyrrole nitrogens is 2. The summed E-state index contributed by atoms with van der Waals surface area (Å²) in [4.78, 5) is 159. The predicted molar refractivity (Wildman–Crippen MR) is 309 cm³/mol. The highest BCUT2D eigenvalue weighted by atomic mass is 32.2. The van der Waals surface area contributed by atoms with Crippen molar-refractivity contribution in [1.82, 2.24) is 62.6 Å². The number of hydroxylamine groups is 1. The van der Waals surface area contributed by atoms with Gasteiger partial charge in [0.25, 0.3) is 21.9 Å². The van der Waals surface area contributed by atoms with Crippen molar-refractivity contribution in [2.75, 3.05) is 45.6 Å². The highest BCUT2D eigenvalue weighted by Gasteiger charge is 2.36. The van der Waals surface area contributed by atoms with E-state index in [1.807, 2.05) is 37.6 Å². The van der Waals surface area contributed by atoms with E-state index in [0.717, 1.165) is 0 Å². The van der Waals surface area contributed by atoms with Crippen LogP contribution < -0.4 is 54.2 Å². The maximum atomic E-state index is 14.4. The number of carbonyl (C=O) groups excluding carboxylic acids is 9. The number of aliphatic imine (C=N–C) groups is 1. The Balaban J connectivity index is 1.42. The standard InChI is InChI=1S/C54H73N15O16S/c1-8-29-24(2)33-21-38-44(28(6)70)26(4)35(63-38)19-34-25(3)30(46(65-34)31(18-43(73)84-7)47-45(50(76)58-16-17-86(81,82)83)27(5)36(66-47)20-37(29)62-33)11-12-41(71)64-40-23-61-42(72)22-39(51(77)78)68-54(80)85-69-49(75)32(10-9-13-59-52(55)56)67-53(79)60-15-14-57-48(40)74/h19-21,24-25,29-30,32,39-40,63,66H,8-18,22-23H2,1-7H3,(H,57,74)(H,58,76)(H,61,72)(H,64,71)(H,68,80)(H,69,75)(H,77,78)(H4,55,56,59)(H2,60,67,79)(H,81,82,83)/t24-,25+,29-,30+,32?,39?,40?/m1/s1. The quantitative estimate of drug-likeness (QED) is 0.0218. The van der Waals surface area contributed by atoms with E-state index in [2.05, 4.69) is 46.9 Å². The summed E-state index contributed by atoms with van der Waals surface area (Å²) in [6.07, 6.45) is -2.65. The lowest BCUT2D eigenvalue weighted by Crippen LogP contribution is -2.54. The van der Waals surface area contributed by atoms with Crippen LogP contribution in [0.3, 0.4) is 0 Å². The second-order valence-corrected chi connectivity index (χ2v) is 22.5. The summed E-state index contributed by atoms with van der Waals surface area (Å²) in [6.45, 7) is 9.13. The van der Waals surface area contributed by atoms with E-state index in [1.165, 1.54) is 14.0 Å². The summed E-state index contributed by atoms with van der Waals surface area (Å²) in [6, 6.07) is -0.409. The number of nitrogens with two attached hydrogens (primary N) is 2. The Morgan fingerprint density at radius 2 is 1.50 bits per heavy atom. The average molecular weight is 1220 g/mol. The lowest BCUT2D eigenvalue weighted by molar-refractivity contribution is -0.141. The summed E-state index contributed by atoms with van der Waals surface area (Å²) in [5.41, 5.74) is 17.6. The molecule has 0 spiro atoms. The zero-order chi connectivity index (χ0) is 63.3. The van der Waals surface area contributed by atoms with Crippen molar-refractivity contribution >= 4 is 97.5 Å². The number of hydrogen-bond donors (Lipinski definition) is 14. The first-order chi connectivity index (χ1) is 40.6. The molecule has 32 heteroatoms. The minimum absolute atomic E-state index is 0.00629. The van der Waals surface area contributed by atoms with Crippen molar-refractivity contribution in [2.45, 2.75) is 128 Å². The fraction of sp³-hybridized carbons (Fsp3) is 0.500. The zero-order valence-electron chi connectivity index (χ0n) is 48.5. The van der Waals surface area contributed by atoms with Gasteiger partial charge in [-0.3, -0.25) is 53.1 Å². The number of aryl methyl sites for hydroxylation is 2. The van der Waals surface area contributed by atoms with Crippen molar-refractivity contribution in [3.8, 4) is 0 Å². The SMILES string of the molecule is CC[C@H]1c2cc3[nH]c(c(CC(=O)OC)c4nc(cc5[nH]c(cc(n2)[C@@H]1C)c(C(C)=O)c5C)[C@@H](C)[C@@H]4CCC(=O)NC1CNC(=O)CC(C(=O)O)NC(=O)ONC(=O)C(CCCN=C(N)N)NC(=O)NCCNC1=O)c(C(=O)NCCS(=O)(=O)O)c3C. The van der Waals surface area contributed by atoms with Gasteiger partial charge >= 0.3 is 24.1 Å². The number of esters is 1. The molecule has 0 radical (unpaired) electrons. The molecule has 86 heavy (non-hydrogen) atoms. The van der Waals surface area contributed by atoms with Crippen LogP contribution in [0.2, 0.25) is 0 Å². The van der Waals surface area contributed by atoms with Gasteiger partial charge in [-0.05, 0) is 75.8 Å². The number of ether oxygens (including phenoxy) is 1. The number of fused-ring (bicyclic) bond motifs is 8. The lowest BCUT2D eigenvalue weighted by atomic mass is 9.84. The number of urea groups is 1. The van der Waals surface area contributed by atoms with Gasteiger partial charge in [0.2, 0.25) is 17.7 Å². The van der Waals surface area contributed by atoms with Crippen molar-refractivity contribution in [2.24, 2.45) is 16.5 Å². The third-order valence-electron chi connectivity index (χ3n) is 15.0. The smallest absolute Gasteiger partial charge is 0.432 e. The van der Waals surface area contributed by atoms with Crippen LogP contribution in [0.5, 0.6) is 0 Å². The number of hydrogen-bond acceptors (Lipinski definition) is 17. The second-order valence-electron chi connectivity index (χ2n) is 21.0. The molecule has 7 atom stereocenters. The first kappa shape index (κ1) is 65.9. The van der Waals surface area contributed by atoms with Crippen LogP contribution >= 0.6 is 0 Å². The molecule has 0 saturated carbocycles. The molecule has 3 aliphatic rings. The van der Waals surface area contributed by atoms with Crippen molar-refractivity contribution in [1.29, 1.82) is 0 Å². The molecule has 3 aromatic rings. The molecule has 466 valence electrons. The first-order valence-corrected chi connectivity index (χ1v) is 29.2. The zero-order valence-corrected chi connectivity index (χ0v) is 49.3. The molecule has 8 bridgehead atoms. The van der Waals surface area contributed by atoms with Gasteiger partial charge in [-0.15, -0.1) is 0 Å². The van der Waals surface area contributed by atoms with Gasteiger partial charge < -0.3 is 73.3 Å². The van der Waals surface area contributed by atoms with Crippen molar-refractivity contribution in [3.05, 3.63) is 68.8 Å². The lowest BCUT2D eigenvalue weighted by Gasteiger charge is -2.21. The number of carboxylic acid groups (broad SMARTS) is 1. The summed E-state index contributed by atoms with van der Waals surface area (Å²) in [5.74, 6) is -9.81. The first-order valence-electron chi connectivity index (χ1n) is 27.6. The van der Waals surface area contributed by atoms with Gasteiger partial charge in [0.05, 0.1) is 48.0 Å². The number of aromatic nitrogens is 4. The van der Waals surface area contributed by atoms with Crippen LogP contribution in [-0.4, -0.2) is 167 Å². The molecule has 8 amide bonds. The molecule has 0 aliphatic carbocycles. The van der Waals surface area contributed by atoms with Crippen LogP contribution in [0.4, 0.5) is 9.59 Å². The van der Waals surface area contributed by atoms with E-state index in [9.17, 15) is 66.0 Å². The van der Waals surface area contributed by atoms with E-state index in [4.69, 9.17) is 31.0 Å². The van der Waals surface area contributed by atoms with E-state index < -0.39 is 125 Å². The van der Waals surface area contributed by atoms with E-state index in [-0.39, 0.29) is 91.2 Å². The molecule has 16 N–H and O–H groups in total. The van der Waals surface area contributed by atoms with Crippen LogP contribution in [-0.2, 0) is 54.9 Å². The van der Waals surface area contributed by atoms with Gasteiger partial charge in [-0.1, -0.05) is 20.8 Å². The third-order valence-corrected chi connectivity index (χ3v) is 15.7. The second kappa shape index (κ2) is 29.1. The topological polar surface area (TPSA) is 482 Å². The number of methoxy groups -OCH3 is 1. The van der Waals surface area contributed by atoms with Crippen molar-refractivity contribution in [3.63, 3.8) is 0 Å². The predicted octanol–water partition coefficient (Wildman–Crippen LogP) is 0.485. The van der Waals surface area contributed by atoms with Crippen LogP contribution in [0, 0.1) is 13.8 Å². The number of ketones is 1. The number of nitrogens with zero attached hydrogens (tertiary/aromatic N) is 3. The average Bonchev–Trinajstić information content (AvgIpc) is 2.16. The monoisotopic (exact) mass is 1220 g/mol. The number of aliphatic carboxylic acids is 1. The molecule has 0 aromatic carbocycles. The van der Waals surface area contributed by atoms with Gasteiger partial charge in [0.15, 0.2) is 11.7 Å². The number of aromatic amines is 2. The highest BCUT2D eigenvalue weighted by Crippen LogP contribution is 2.44. The number of guanidine groups is 1. The van der Waals surface area contributed by atoms with E-state index in [0.29, 0.717) is 56.7 Å². The minimum atomic E-state index is -4.52. The third kappa shape index (κ3) is 17.0. The molecule has 3 aromatic heterocycles. The maximum absolute atomic E-state index is 14.4. The van der Waals surface area contributed by atoms with E-state index in [1.54, 1.807) is 26.0 Å². The van der Waals surface area contributed by atoms with Gasteiger partial charge in [0, 0.05) is 102 Å². The van der Waals surface area contributed by atoms with E-state index >= 15 is 0 Å². The van der Waals surface area contributed by atoms with Crippen molar-refractivity contribution < 1.29 is 75.6 Å². The number of amides is 8. The number of carbonyl (C=O) groups is 10.